The summed E-state index contributed by atoms with van der Waals surface area (Å²) >= 11 is 5.33. The van der Waals surface area contributed by atoms with Gasteiger partial charge in [-0.3, -0.25) is 9.59 Å². The molecule has 23 heavy (non-hydrogen) atoms. The predicted octanol–water partition coefficient (Wildman–Crippen LogP) is 1.85. The average Bonchev–Trinajstić information content (AvgIpc) is 2.46. The minimum absolute atomic E-state index is 0.147. The Labute approximate surface area is 143 Å². The largest absolute Gasteiger partial charge is 0.370 e. The lowest BCUT2D eigenvalue weighted by molar-refractivity contribution is -0.127. The van der Waals surface area contributed by atoms with Crippen LogP contribution in [0, 0.1) is 5.41 Å². The molecule has 0 aliphatic rings. The van der Waals surface area contributed by atoms with Gasteiger partial charge in [0.1, 0.15) is 0 Å². The fraction of sp³-hybridized carbons (Fsp3) is 0.471. The van der Waals surface area contributed by atoms with Crippen LogP contribution in [-0.2, 0) is 16.0 Å². The van der Waals surface area contributed by atoms with E-state index in [0.29, 0.717) is 18.2 Å². The molecule has 0 saturated carbocycles. The number of nitrogens with one attached hydrogen (secondary N) is 1. The van der Waals surface area contributed by atoms with Gasteiger partial charge in [0.15, 0.2) is 5.11 Å². The molecule has 0 fully saturated rings. The predicted molar refractivity (Wildman–Crippen MR) is 95.7 cm³/mol. The zero-order valence-electron chi connectivity index (χ0n) is 14.0. The summed E-state index contributed by atoms with van der Waals surface area (Å²) in [5.74, 6) is -0.536. The Morgan fingerprint density at radius 1 is 1.17 bits per heavy atom. The normalized spacial score (nSPS) is 10.9. The summed E-state index contributed by atoms with van der Waals surface area (Å²) in [7, 11) is 0. The molecular formula is C17H25N3O2S. The minimum Gasteiger partial charge on any atom is -0.370 e. The number of primary amides is 1. The van der Waals surface area contributed by atoms with Gasteiger partial charge >= 0.3 is 0 Å². The summed E-state index contributed by atoms with van der Waals surface area (Å²) in [5.41, 5.74) is 5.86. The molecule has 0 saturated heterocycles. The van der Waals surface area contributed by atoms with Crippen LogP contribution in [0.2, 0.25) is 0 Å². The monoisotopic (exact) mass is 335 g/mol. The van der Waals surface area contributed by atoms with Crippen LogP contribution in [0.25, 0.3) is 0 Å². The Morgan fingerprint density at radius 3 is 2.30 bits per heavy atom. The smallest absolute Gasteiger partial charge is 0.231 e. The van der Waals surface area contributed by atoms with Crippen molar-refractivity contribution in [3.63, 3.8) is 0 Å². The lowest BCUT2D eigenvalue weighted by atomic mass is 9.96. The quantitative estimate of drug-likeness (QED) is 0.778. The third kappa shape index (κ3) is 7.23. The first-order valence-corrected chi connectivity index (χ1v) is 8.03. The van der Waals surface area contributed by atoms with Crippen molar-refractivity contribution >= 4 is 29.1 Å². The van der Waals surface area contributed by atoms with Crippen molar-refractivity contribution in [2.75, 3.05) is 13.1 Å². The molecule has 0 unspecified atom stereocenters. The Morgan fingerprint density at radius 2 is 1.78 bits per heavy atom. The number of amides is 2. The highest BCUT2D eigenvalue weighted by Gasteiger charge is 2.23. The number of nitrogens with zero attached hydrogens (tertiary/aromatic N) is 1. The van der Waals surface area contributed by atoms with Crippen LogP contribution in [0.5, 0.6) is 0 Å². The van der Waals surface area contributed by atoms with Gasteiger partial charge in [-0.2, -0.15) is 0 Å². The Balaban J connectivity index is 2.68. The van der Waals surface area contributed by atoms with Gasteiger partial charge in [0.2, 0.25) is 11.8 Å². The van der Waals surface area contributed by atoms with E-state index in [1.54, 1.807) is 0 Å². The van der Waals surface area contributed by atoms with Crippen molar-refractivity contribution in [3.8, 4) is 0 Å². The van der Waals surface area contributed by atoms with E-state index in [1.165, 1.54) is 5.56 Å². The Bertz CT molecular complexity index is 553. The van der Waals surface area contributed by atoms with Gasteiger partial charge in [-0.25, -0.2) is 0 Å². The van der Waals surface area contributed by atoms with Gasteiger partial charge in [-0.15, -0.1) is 0 Å². The summed E-state index contributed by atoms with van der Waals surface area (Å²) in [6.07, 6.45) is 0.964. The second kappa shape index (κ2) is 8.62. The van der Waals surface area contributed by atoms with E-state index in [4.69, 9.17) is 18.0 Å². The van der Waals surface area contributed by atoms with E-state index >= 15 is 0 Å². The third-order valence-electron chi connectivity index (χ3n) is 3.33. The van der Waals surface area contributed by atoms with Gasteiger partial charge in [0.25, 0.3) is 0 Å². The van der Waals surface area contributed by atoms with Crippen molar-refractivity contribution in [3.05, 3.63) is 35.9 Å². The van der Waals surface area contributed by atoms with Crippen LogP contribution in [0.3, 0.4) is 0 Å². The molecule has 1 rings (SSSR count). The topological polar surface area (TPSA) is 75.4 Å². The molecule has 6 heteroatoms. The molecule has 2 amide bonds. The van der Waals surface area contributed by atoms with Crippen molar-refractivity contribution in [2.24, 2.45) is 11.1 Å². The van der Waals surface area contributed by atoms with E-state index in [0.717, 1.165) is 6.42 Å². The van der Waals surface area contributed by atoms with Gasteiger partial charge in [-0.1, -0.05) is 51.1 Å². The number of thiocarbonyl (C=S) groups is 1. The number of hydrogen-bond donors (Lipinski definition) is 2. The summed E-state index contributed by atoms with van der Waals surface area (Å²) in [5, 5.41) is 3.08. The summed E-state index contributed by atoms with van der Waals surface area (Å²) in [6, 6.07) is 9.97. The molecule has 0 atom stereocenters. The molecule has 0 heterocycles. The zero-order valence-corrected chi connectivity index (χ0v) is 14.8. The molecule has 0 aromatic heterocycles. The molecule has 3 N–H and O–H groups in total. The minimum atomic E-state index is -0.529. The molecule has 0 radical (unpaired) electrons. The van der Waals surface area contributed by atoms with E-state index < -0.39 is 5.41 Å². The van der Waals surface area contributed by atoms with Crippen LogP contribution < -0.4 is 11.1 Å². The molecule has 1 aromatic carbocycles. The Kier molecular flexibility index (Phi) is 7.16. The van der Waals surface area contributed by atoms with Crippen molar-refractivity contribution < 1.29 is 9.59 Å². The SMILES string of the molecule is CC(C)(C)C(=O)NC(=S)N(CCC(N)=O)CCc1ccccc1. The summed E-state index contributed by atoms with van der Waals surface area (Å²) < 4.78 is 0. The van der Waals surface area contributed by atoms with Gasteiger partial charge in [-0.05, 0) is 24.2 Å². The van der Waals surface area contributed by atoms with E-state index in [2.05, 4.69) is 5.32 Å². The molecule has 0 aliphatic heterocycles. The molecule has 1 aromatic rings. The van der Waals surface area contributed by atoms with Crippen molar-refractivity contribution in [1.29, 1.82) is 0 Å². The number of carbonyl (C=O) groups excluding carboxylic acids is 2. The van der Waals surface area contributed by atoms with Crippen LogP contribution in [0.15, 0.2) is 30.3 Å². The standard InChI is InChI=1S/C17H25N3O2S/c1-17(2,3)15(22)19-16(23)20(12-10-14(18)21)11-9-13-7-5-4-6-8-13/h4-8H,9-12H2,1-3H3,(H2,18,21)(H,19,22,23). The highest BCUT2D eigenvalue weighted by Crippen LogP contribution is 2.13. The molecular weight excluding hydrogens is 310 g/mol. The fourth-order valence-electron chi connectivity index (χ4n) is 1.83. The molecule has 0 aliphatic carbocycles. The third-order valence-corrected chi connectivity index (χ3v) is 3.69. The highest BCUT2D eigenvalue weighted by molar-refractivity contribution is 7.80. The van der Waals surface area contributed by atoms with E-state index in [-0.39, 0.29) is 18.2 Å². The highest BCUT2D eigenvalue weighted by atomic mass is 32.1. The molecule has 126 valence electrons. The number of rotatable bonds is 6. The lowest BCUT2D eigenvalue weighted by Crippen LogP contribution is -2.47. The van der Waals surface area contributed by atoms with Gasteiger partial charge in [0.05, 0.1) is 0 Å². The maximum Gasteiger partial charge on any atom is 0.231 e. The second-order valence-electron chi connectivity index (χ2n) is 6.45. The number of hydrogen-bond acceptors (Lipinski definition) is 3. The van der Waals surface area contributed by atoms with E-state index in [1.807, 2.05) is 56.0 Å². The first-order chi connectivity index (χ1) is 10.7. The van der Waals surface area contributed by atoms with E-state index in [9.17, 15) is 9.59 Å². The lowest BCUT2D eigenvalue weighted by Gasteiger charge is -2.27. The first-order valence-electron chi connectivity index (χ1n) is 7.62. The summed E-state index contributed by atoms with van der Waals surface area (Å²) in [6.45, 7) is 6.47. The van der Waals surface area contributed by atoms with Gasteiger partial charge < -0.3 is 16.0 Å². The number of benzene rings is 1. The van der Waals surface area contributed by atoms with Crippen molar-refractivity contribution in [2.45, 2.75) is 33.6 Å². The Hall–Kier alpha value is -1.95. The van der Waals surface area contributed by atoms with Crippen LogP contribution >= 0.6 is 12.2 Å². The maximum absolute atomic E-state index is 12.1. The summed E-state index contributed by atoms with van der Waals surface area (Å²) in [4.78, 5) is 24.9. The fourth-order valence-corrected chi connectivity index (χ4v) is 2.11. The van der Waals surface area contributed by atoms with Crippen LogP contribution in [0.1, 0.15) is 32.8 Å². The average molecular weight is 335 g/mol. The van der Waals surface area contributed by atoms with Crippen LogP contribution in [-0.4, -0.2) is 34.9 Å². The zero-order chi connectivity index (χ0) is 17.5. The van der Waals surface area contributed by atoms with Gasteiger partial charge in [0, 0.05) is 24.9 Å². The number of nitrogens with two attached hydrogens (primary N) is 1. The molecule has 5 nitrogen and oxygen atoms in total. The van der Waals surface area contributed by atoms with Crippen molar-refractivity contribution in [1.82, 2.24) is 10.2 Å². The van der Waals surface area contributed by atoms with Crippen LogP contribution in [0.4, 0.5) is 0 Å². The molecule has 0 bridgehead atoms. The second-order valence-corrected chi connectivity index (χ2v) is 6.83. The maximum atomic E-state index is 12.1. The number of carbonyl (C=O) groups is 2. The molecule has 0 spiro atoms. The first kappa shape index (κ1) is 19.1.